The van der Waals surface area contributed by atoms with Crippen molar-refractivity contribution in [2.45, 2.75) is 14.7 Å². The monoisotopic (exact) mass is 379 g/mol. The van der Waals surface area contributed by atoms with Crippen molar-refractivity contribution >= 4 is 40.8 Å². The van der Waals surface area contributed by atoms with Crippen LogP contribution in [-0.2, 0) is 4.79 Å². The van der Waals surface area contributed by atoms with Gasteiger partial charge in [-0.2, -0.15) is 0 Å². The molecular formula is C21H17NO2S2. The summed E-state index contributed by atoms with van der Waals surface area (Å²) in [7, 11) is 1.65. The summed E-state index contributed by atoms with van der Waals surface area (Å²) in [5.41, 5.74) is 1.90. The normalized spacial score (nSPS) is 12.3. The molecule has 0 bridgehead atoms. The summed E-state index contributed by atoms with van der Waals surface area (Å²) in [5.74, 6) is 1.23. The largest absolute Gasteiger partial charge is 0.497 e. The molecule has 5 heteroatoms. The molecule has 0 aromatic heterocycles. The number of anilines is 2. The zero-order valence-corrected chi connectivity index (χ0v) is 15.8. The van der Waals surface area contributed by atoms with Gasteiger partial charge in [0.1, 0.15) is 5.75 Å². The van der Waals surface area contributed by atoms with Crippen molar-refractivity contribution in [2.75, 3.05) is 17.8 Å². The highest BCUT2D eigenvalue weighted by molar-refractivity contribution is 8.00. The van der Waals surface area contributed by atoms with Crippen molar-refractivity contribution in [1.82, 2.24) is 0 Å². The number of carbonyl (C=O) groups is 1. The highest BCUT2D eigenvalue weighted by Gasteiger charge is 2.27. The van der Waals surface area contributed by atoms with Gasteiger partial charge in [0.05, 0.1) is 24.2 Å². The van der Waals surface area contributed by atoms with Crippen LogP contribution in [0.1, 0.15) is 0 Å². The molecule has 0 saturated heterocycles. The first-order valence-corrected chi connectivity index (χ1v) is 10.0. The maximum Gasteiger partial charge on any atom is 0.241 e. The van der Waals surface area contributed by atoms with Crippen LogP contribution in [0.5, 0.6) is 5.75 Å². The molecule has 26 heavy (non-hydrogen) atoms. The second-order valence-corrected chi connectivity index (χ2v) is 7.87. The number of thioether (sulfide) groups is 1. The van der Waals surface area contributed by atoms with E-state index in [2.05, 4.69) is 12.1 Å². The molecule has 0 spiro atoms. The molecule has 0 aliphatic carbocycles. The molecule has 0 fully saturated rings. The Kier molecular flexibility index (Phi) is 4.91. The molecule has 0 N–H and O–H groups in total. The van der Waals surface area contributed by atoms with Gasteiger partial charge in [-0.3, -0.25) is 9.69 Å². The first-order chi connectivity index (χ1) is 12.8. The van der Waals surface area contributed by atoms with Gasteiger partial charge in [0.2, 0.25) is 5.91 Å². The van der Waals surface area contributed by atoms with Gasteiger partial charge < -0.3 is 4.74 Å². The average Bonchev–Trinajstić information content (AvgIpc) is 2.70. The average molecular weight is 380 g/mol. The van der Waals surface area contributed by atoms with Gasteiger partial charge in [-0.05, 0) is 42.5 Å². The number of hydrogen-bond donors (Lipinski definition) is 0. The number of para-hydroxylation sites is 2. The molecule has 3 aromatic carbocycles. The Hall–Kier alpha value is -2.37. The summed E-state index contributed by atoms with van der Waals surface area (Å²) >= 11 is 3.23. The van der Waals surface area contributed by atoms with Crippen molar-refractivity contribution in [3.05, 3.63) is 72.8 Å². The highest BCUT2D eigenvalue weighted by atomic mass is 32.2. The minimum Gasteiger partial charge on any atom is -0.497 e. The van der Waals surface area contributed by atoms with Crippen molar-refractivity contribution in [1.29, 1.82) is 0 Å². The first-order valence-electron chi connectivity index (χ1n) is 8.22. The van der Waals surface area contributed by atoms with E-state index in [9.17, 15) is 4.79 Å². The van der Waals surface area contributed by atoms with Crippen LogP contribution in [0, 0.1) is 0 Å². The van der Waals surface area contributed by atoms with Crippen molar-refractivity contribution < 1.29 is 9.53 Å². The summed E-state index contributed by atoms with van der Waals surface area (Å²) in [6.07, 6.45) is 0. The minimum absolute atomic E-state index is 0.0676. The Labute approximate surface area is 161 Å². The SMILES string of the molecule is COc1cccc(SCC(=O)N2c3ccccc3Sc3ccccc32)c1. The van der Waals surface area contributed by atoms with E-state index in [0.29, 0.717) is 5.75 Å². The van der Waals surface area contributed by atoms with Crippen molar-refractivity contribution in [3.63, 3.8) is 0 Å². The lowest BCUT2D eigenvalue weighted by atomic mass is 10.2. The number of rotatable bonds is 4. The van der Waals surface area contributed by atoms with Crippen molar-refractivity contribution in [3.8, 4) is 5.75 Å². The third-order valence-electron chi connectivity index (χ3n) is 4.09. The van der Waals surface area contributed by atoms with Crippen molar-refractivity contribution in [2.24, 2.45) is 0 Å². The fraction of sp³-hybridized carbons (Fsp3) is 0.0952. The zero-order valence-electron chi connectivity index (χ0n) is 14.2. The van der Waals surface area contributed by atoms with E-state index < -0.39 is 0 Å². The van der Waals surface area contributed by atoms with E-state index in [4.69, 9.17) is 4.74 Å². The quantitative estimate of drug-likeness (QED) is 0.551. The predicted octanol–water partition coefficient (Wildman–Crippen LogP) is 5.62. The lowest BCUT2D eigenvalue weighted by molar-refractivity contribution is -0.115. The predicted molar refractivity (Wildman–Crippen MR) is 108 cm³/mol. The van der Waals surface area contributed by atoms with Gasteiger partial charge in [-0.15, -0.1) is 11.8 Å². The summed E-state index contributed by atoms with van der Waals surface area (Å²) in [4.78, 5) is 18.2. The first kappa shape index (κ1) is 17.1. The maximum atomic E-state index is 13.1. The fourth-order valence-corrected chi connectivity index (χ4v) is 4.73. The Bertz CT molecular complexity index is 913. The number of hydrogen-bond acceptors (Lipinski definition) is 4. The molecule has 1 heterocycles. The molecule has 3 aromatic rings. The molecule has 0 atom stereocenters. The lowest BCUT2D eigenvalue weighted by Crippen LogP contribution is -2.29. The molecule has 1 aliphatic rings. The number of ether oxygens (including phenoxy) is 1. The lowest BCUT2D eigenvalue weighted by Gasteiger charge is -2.31. The standard InChI is InChI=1S/C21H17NO2S2/c1-24-15-7-6-8-16(13-15)25-14-21(23)22-17-9-2-4-11-19(17)26-20-12-5-3-10-18(20)22/h2-13H,14H2,1H3. The van der Waals surface area contributed by atoms with Crippen LogP contribution in [0.15, 0.2) is 87.5 Å². The summed E-state index contributed by atoms with van der Waals surface area (Å²) < 4.78 is 5.26. The van der Waals surface area contributed by atoms with Gasteiger partial charge in [-0.1, -0.05) is 42.1 Å². The van der Waals surface area contributed by atoms with E-state index in [-0.39, 0.29) is 5.91 Å². The van der Waals surface area contributed by atoms with E-state index in [1.165, 1.54) is 11.8 Å². The number of benzene rings is 3. The third-order valence-corrected chi connectivity index (χ3v) is 6.19. The molecule has 1 amide bonds. The Morgan fingerprint density at radius 1 is 0.962 bits per heavy atom. The summed E-state index contributed by atoms with van der Waals surface area (Å²) in [6, 6.07) is 23.9. The van der Waals surface area contributed by atoms with Gasteiger partial charge in [0.25, 0.3) is 0 Å². The van der Waals surface area contributed by atoms with Crippen LogP contribution in [-0.4, -0.2) is 18.8 Å². The molecule has 0 radical (unpaired) electrons. The number of methoxy groups -OCH3 is 1. The van der Waals surface area contributed by atoms with Crippen LogP contribution in [0.25, 0.3) is 0 Å². The Morgan fingerprint density at radius 3 is 2.27 bits per heavy atom. The Morgan fingerprint density at radius 2 is 1.62 bits per heavy atom. The van der Waals surface area contributed by atoms with Gasteiger partial charge >= 0.3 is 0 Å². The highest BCUT2D eigenvalue weighted by Crippen LogP contribution is 2.48. The van der Waals surface area contributed by atoms with E-state index in [1.807, 2.05) is 65.6 Å². The van der Waals surface area contributed by atoms with Gasteiger partial charge in [0, 0.05) is 14.7 Å². The molecule has 0 unspecified atom stereocenters. The van der Waals surface area contributed by atoms with Crippen LogP contribution in [0.2, 0.25) is 0 Å². The number of amides is 1. The van der Waals surface area contributed by atoms with Crippen LogP contribution in [0.4, 0.5) is 11.4 Å². The number of carbonyl (C=O) groups excluding carboxylic acids is 1. The molecule has 4 rings (SSSR count). The second kappa shape index (κ2) is 7.48. The molecule has 130 valence electrons. The third kappa shape index (κ3) is 3.32. The van der Waals surface area contributed by atoms with Gasteiger partial charge in [0.15, 0.2) is 0 Å². The summed E-state index contributed by atoms with van der Waals surface area (Å²) in [5, 5.41) is 0. The Balaban J connectivity index is 1.61. The summed E-state index contributed by atoms with van der Waals surface area (Å²) in [6.45, 7) is 0. The topological polar surface area (TPSA) is 29.5 Å². The fourth-order valence-electron chi connectivity index (χ4n) is 2.87. The van der Waals surface area contributed by atoms with E-state index in [0.717, 1.165) is 31.8 Å². The molecule has 1 aliphatic heterocycles. The van der Waals surface area contributed by atoms with Crippen LogP contribution >= 0.6 is 23.5 Å². The van der Waals surface area contributed by atoms with E-state index in [1.54, 1.807) is 18.9 Å². The zero-order chi connectivity index (χ0) is 17.9. The second-order valence-electron chi connectivity index (χ2n) is 5.73. The molecule has 0 saturated carbocycles. The van der Waals surface area contributed by atoms with Gasteiger partial charge in [-0.25, -0.2) is 0 Å². The molecule has 3 nitrogen and oxygen atoms in total. The maximum absolute atomic E-state index is 13.1. The van der Waals surface area contributed by atoms with Crippen LogP contribution in [0.3, 0.4) is 0 Å². The van der Waals surface area contributed by atoms with E-state index >= 15 is 0 Å². The number of fused-ring (bicyclic) bond motifs is 2. The molecular weight excluding hydrogens is 362 g/mol. The van der Waals surface area contributed by atoms with Crippen LogP contribution < -0.4 is 9.64 Å². The smallest absolute Gasteiger partial charge is 0.241 e. The number of nitrogens with zero attached hydrogens (tertiary/aromatic N) is 1. The minimum atomic E-state index is 0.0676.